The number of benzene rings is 1. The van der Waals surface area contributed by atoms with Gasteiger partial charge in [0.05, 0.1) is 5.92 Å². The fourth-order valence-corrected chi connectivity index (χ4v) is 2.56. The van der Waals surface area contributed by atoms with Crippen molar-refractivity contribution in [3.8, 4) is 0 Å². The van der Waals surface area contributed by atoms with Crippen LogP contribution in [0.15, 0.2) is 30.3 Å². The van der Waals surface area contributed by atoms with Crippen LogP contribution in [0.2, 0.25) is 0 Å². The van der Waals surface area contributed by atoms with E-state index in [0.29, 0.717) is 6.42 Å². The Bertz CT molecular complexity index is 371. The number of carboxylic acid groups (broad SMARTS) is 1. The molecule has 0 heterocycles. The maximum Gasteiger partial charge on any atom is 1.00 e. The summed E-state index contributed by atoms with van der Waals surface area (Å²) in [6, 6.07) is 9.95. The van der Waals surface area contributed by atoms with Gasteiger partial charge in [0.25, 0.3) is 0 Å². The van der Waals surface area contributed by atoms with Crippen LogP contribution in [-0.4, -0.2) is 11.1 Å². The molecule has 2 nitrogen and oxygen atoms in total. The molecule has 0 radical (unpaired) electrons. The zero-order chi connectivity index (χ0) is 14.6. The van der Waals surface area contributed by atoms with E-state index in [0.717, 1.165) is 18.4 Å². The molecule has 1 N–H and O–H groups in total. The van der Waals surface area contributed by atoms with E-state index in [-0.39, 0.29) is 58.7 Å². The van der Waals surface area contributed by atoms with E-state index in [4.69, 9.17) is 0 Å². The van der Waals surface area contributed by atoms with E-state index in [1.807, 2.05) is 30.3 Å². The minimum atomic E-state index is -0.653. The minimum Gasteiger partial charge on any atom is -1.00 e. The number of hydrogen-bond donors (Lipinski definition) is 1. The first kappa shape index (κ1) is 21.3. The first-order chi connectivity index (χ1) is 9.74. The molecule has 0 bridgehead atoms. The molecular weight excluding hydrogens is 287 g/mol. The number of unbranched alkanes of at least 4 members (excludes halogenated alkanes) is 6. The predicted molar refractivity (Wildman–Crippen MR) is 85.0 cm³/mol. The quantitative estimate of drug-likeness (QED) is 0.502. The van der Waals surface area contributed by atoms with Gasteiger partial charge >= 0.3 is 57.4 Å². The van der Waals surface area contributed by atoms with Crippen LogP contribution in [-0.2, 0) is 11.2 Å². The van der Waals surface area contributed by atoms with E-state index >= 15 is 0 Å². The number of aliphatic carboxylic acids is 1. The van der Waals surface area contributed by atoms with Gasteiger partial charge in [-0.25, -0.2) is 0 Å². The first-order valence-corrected chi connectivity index (χ1v) is 8.00. The molecule has 1 aromatic carbocycles. The summed E-state index contributed by atoms with van der Waals surface area (Å²) >= 11 is 0. The van der Waals surface area contributed by atoms with Crippen molar-refractivity contribution in [1.82, 2.24) is 0 Å². The summed E-state index contributed by atoms with van der Waals surface area (Å²) in [4.78, 5) is 11.3. The smallest absolute Gasteiger partial charge is 1.00 e. The monoisotopic (exact) mass is 316 g/mol. The molecule has 0 aliphatic rings. The second-order valence-corrected chi connectivity index (χ2v) is 5.63. The normalized spacial score (nSPS) is 11.7. The Kier molecular flexibility index (Phi) is 14.2. The van der Waals surface area contributed by atoms with Crippen LogP contribution in [0.25, 0.3) is 0 Å². The van der Waals surface area contributed by atoms with Crippen LogP contribution >= 0.6 is 0 Å². The van der Waals surface area contributed by atoms with Crippen molar-refractivity contribution < 1.29 is 62.7 Å². The Hall–Kier alpha value is 0.326. The SMILES string of the molecule is CCCCCCCCCC(Cc1ccccc1)C(=O)O.[H-].[K+]. The van der Waals surface area contributed by atoms with Crippen molar-refractivity contribution in [1.29, 1.82) is 0 Å². The number of carbonyl (C=O) groups is 1. The topological polar surface area (TPSA) is 37.3 Å². The molecular formula is C18H29KO2. The summed E-state index contributed by atoms with van der Waals surface area (Å²) in [5.41, 5.74) is 1.13. The summed E-state index contributed by atoms with van der Waals surface area (Å²) < 4.78 is 0. The van der Waals surface area contributed by atoms with E-state index in [2.05, 4.69) is 6.92 Å². The molecule has 0 amide bonds. The predicted octanol–water partition coefficient (Wildman–Crippen LogP) is 2.19. The summed E-state index contributed by atoms with van der Waals surface area (Å²) in [6.07, 6.45) is 10.1. The number of carboxylic acids is 1. The van der Waals surface area contributed by atoms with Gasteiger partial charge < -0.3 is 6.53 Å². The maximum atomic E-state index is 11.3. The molecule has 0 spiro atoms. The van der Waals surface area contributed by atoms with E-state index in [1.165, 1.54) is 38.5 Å². The zero-order valence-corrected chi connectivity index (χ0v) is 16.8. The Morgan fingerprint density at radius 2 is 1.62 bits per heavy atom. The molecule has 21 heavy (non-hydrogen) atoms. The molecule has 0 fully saturated rings. The van der Waals surface area contributed by atoms with Gasteiger partial charge in [0.1, 0.15) is 0 Å². The van der Waals surface area contributed by atoms with Crippen molar-refractivity contribution in [3.63, 3.8) is 0 Å². The molecule has 3 heteroatoms. The molecule has 0 aliphatic carbocycles. The zero-order valence-electron chi connectivity index (χ0n) is 14.7. The van der Waals surface area contributed by atoms with E-state index in [1.54, 1.807) is 0 Å². The van der Waals surface area contributed by atoms with E-state index in [9.17, 15) is 9.90 Å². The largest absolute Gasteiger partial charge is 1.00 e. The average Bonchev–Trinajstić information content (AvgIpc) is 2.46. The number of hydrogen-bond acceptors (Lipinski definition) is 1. The molecule has 0 saturated carbocycles. The van der Waals surface area contributed by atoms with Crippen LogP contribution in [0.4, 0.5) is 0 Å². The fourth-order valence-electron chi connectivity index (χ4n) is 2.56. The van der Waals surface area contributed by atoms with Crippen molar-refractivity contribution >= 4 is 5.97 Å². The van der Waals surface area contributed by atoms with Gasteiger partial charge in [0, 0.05) is 0 Å². The van der Waals surface area contributed by atoms with Crippen molar-refractivity contribution in [2.45, 2.75) is 64.7 Å². The Labute approximate surface area is 173 Å². The second-order valence-electron chi connectivity index (χ2n) is 5.63. The maximum absolute atomic E-state index is 11.3. The molecule has 0 saturated heterocycles. The minimum absolute atomic E-state index is 0. The summed E-state index contributed by atoms with van der Waals surface area (Å²) in [5, 5.41) is 9.31. The van der Waals surface area contributed by atoms with Gasteiger partial charge in [0.2, 0.25) is 0 Å². The third kappa shape index (κ3) is 10.6. The number of rotatable bonds is 11. The summed E-state index contributed by atoms with van der Waals surface area (Å²) in [7, 11) is 0. The van der Waals surface area contributed by atoms with Gasteiger partial charge in [-0.05, 0) is 18.4 Å². The Morgan fingerprint density at radius 1 is 1.05 bits per heavy atom. The van der Waals surface area contributed by atoms with Gasteiger partial charge in [0.15, 0.2) is 0 Å². The fraction of sp³-hybridized carbons (Fsp3) is 0.611. The molecule has 114 valence electrons. The summed E-state index contributed by atoms with van der Waals surface area (Å²) in [6.45, 7) is 2.22. The van der Waals surface area contributed by atoms with Gasteiger partial charge in [-0.3, -0.25) is 4.79 Å². The molecule has 1 unspecified atom stereocenters. The van der Waals surface area contributed by atoms with Gasteiger partial charge in [-0.1, -0.05) is 82.2 Å². The van der Waals surface area contributed by atoms with Gasteiger partial charge in [-0.15, -0.1) is 0 Å². The van der Waals surface area contributed by atoms with Crippen LogP contribution in [0.3, 0.4) is 0 Å². The van der Waals surface area contributed by atoms with Crippen LogP contribution in [0, 0.1) is 5.92 Å². The average molecular weight is 317 g/mol. The first-order valence-electron chi connectivity index (χ1n) is 8.00. The second kappa shape index (κ2) is 14.0. The molecule has 0 aliphatic heterocycles. The standard InChI is InChI=1S/C18H28O2.K.H/c1-2-3-4-5-6-7-11-14-17(18(19)20)15-16-12-9-8-10-13-16;;/h8-10,12-13,17H,2-7,11,14-15H2,1H3,(H,19,20);;/q;+1;-1. The summed E-state index contributed by atoms with van der Waals surface area (Å²) in [5.74, 6) is -0.882. The van der Waals surface area contributed by atoms with E-state index < -0.39 is 5.97 Å². The van der Waals surface area contributed by atoms with Gasteiger partial charge in [-0.2, -0.15) is 0 Å². The molecule has 1 aromatic rings. The third-order valence-electron chi connectivity index (χ3n) is 3.83. The third-order valence-corrected chi connectivity index (χ3v) is 3.83. The molecule has 1 atom stereocenters. The Balaban J connectivity index is 0. The van der Waals surface area contributed by atoms with Crippen LogP contribution in [0.5, 0.6) is 0 Å². The molecule has 0 aromatic heterocycles. The molecule has 1 rings (SSSR count). The Morgan fingerprint density at radius 3 is 2.19 bits per heavy atom. The van der Waals surface area contributed by atoms with Crippen LogP contribution in [0.1, 0.15) is 65.3 Å². The van der Waals surface area contributed by atoms with Crippen molar-refractivity contribution in [2.24, 2.45) is 5.92 Å². The van der Waals surface area contributed by atoms with Crippen molar-refractivity contribution in [3.05, 3.63) is 35.9 Å². The van der Waals surface area contributed by atoms with Crippen molar-refractivity contribution in [2.75, 3.05) is 0 Å². The van der Waals surface area contributed by atoms with Crippen LogP contribution < -0.4 is 51.4 Å².